The second kappa shape index (κ2) is 6.13. The van der Waals surface area contributed by atoms with Gasteiger partial charge in [0, 0.05) is 0 Å². The van der Waals surface area contributed by atoms with Gasteiger partial charge in [0.15, 0.2) is 5.78 Å². The Morgan fingerprint density at radius 2 is 1.67 bits per heavy atom. The summed E-state index contributed by atoms with van der Waals surface area (Å²) in [5, 5.41) is 0. The number of para-hydroxylation sites is 1. The molecule has 0 spiro atoms. The van der Waals surface area contributed by atoms with E-state index in [4.69, 9.17) is 4.74 Å². The fraction of sp³-hybridized carbons (Fsp3) is 0.133. The van der Waals surface area contributed by atoms with Gasteiger partial charge in [0.1, 0.15) is 11.9 Å². The maximum atomic E-state index is 12.0. The monoisotopic (exact) mass is 264 g/mol. The van der Waals surface area contributed by atoms with Crippen molar-refractivity contribution in [2.24, 2.45) is 0 Å². The van der Waals surface area contributed by atoms with Crippen molar-refractivity contribution in [2.75, 3.05) is 0 Å². The number of ether oxygens (including phenoxy) is 1. The Labute approximate surface area is 150 Å². The maximum absolute atomic E-state index is 12.0. The van der Waals surface area contributed by atoms with Crippen LogP contribution in [0.25, 0.3) is 0 Å². The minimum absolute atomic E-state index is 0. The molecule has 2 aromatic rings. The zero-order valence-electron chi connectivity index (χ0n) is 11.3. The van der Waals surface area contributed by atoms with Gasteiger partial charge in [0.05, 0.1) is 12.0 Å². The summed E-state index contributed by atoms with van der Waals surface area (Å²) in [6.45, 7) is 0. The van der Waals surface area contributed by atoms with Crippen LogP contribution in [0, 0.1) is 0 Å². The van der Waals surface area contributed by atoms with Crippen molar-refractivity contribution >= 4 is 5.78 Å². The number of ketones is 1. The third-order valence-electron chi connectivity index (χ3n) is 3.00. The molecule has 0 N–H and O–H groups in total. The molecular weight excluding hydrogens is 251 g/mol. The number of carbonyl (C=O) groups excluding carboxylic acids is 1. The van der Waals surface area contributed by atoms with E-state index in [1.807, 2.05) is 54.6 Å². The van der Waals surface area contributed by atoms with Gasteiger partial charge in [0.2, 0.25) is 0 Å². The Morgan fingerprint density at radius 3 is 2.44 bits per heavy atom. The normalized spacial score (nSPS) is 17.3. The summed E-state index contributed by atoms with van der Waals surface area (Å²) >= 11 is 0. The first-order chi connectivity index (χ1) is 8.34. The number of hydrogen-bond acceptors (Lipinski definition) is 2. The number of carbonyl (C=O) groups is 1. The van der Waals surface area contributed by atoms with E-state index in [1.54, 1.807) is 0 Å². The Bertz CT molecular complexity index is 557. The van der Waals surface area contributed by atoms with Crippen LogP contribution >= 0.6 is 0 Å². The molecule has 18 heavy (non-hydrogen) atoms. The Kier molecular flexibility index (Phi) is 4.75. The second-order valence-corrected chi connectivity index (χ2v) is 4.14. The number of benzene rings is 2. The molecule has 1 aliphatic rings. The van der Waals surface area contributed by atoms with Crippen LogP contribution in [0.2, 0.25) is 0 Å². The van der Waals surface area contributed by atoms with E-state index in [-0.39, 0.29) is 64.7 Å². The topological polar surface area (TPSA) is 26.3 Å². The molecule has 1 heterocycles. The number of Topliss-reactive ketones (excluding diaryl/α,β-unsaturated/α-hetero) is 1. The number of hydrogen-bond donors (Lipinski definition) is 0. The summed E-state index contributed by atoms with van der Waals surface area (Å²) in [7, 11) is 0. The summed E-state index contributed by atoms with van der Waals surface area (Å²) in [4.78, 5) is 12.0. The van der Waals surface area contributed by atoms with Gasteiger partial charge >= 0.3 is 51.4 Å². The largest absolute Gasteiger partial charge is 1.00 e. The van der Waals surface area contributed by atoms with Gasteiger partial charge in [-0.3, -0.25) is 4.79 Å². The summed E-state index contributed by atoms with van der Waals surface area (Å²) in [6, 6.07) is 17.3. The van der Waals surface area contributed by atoms with Gasteiger partial charge in [-0.05, 0) is 17.7 Å². The Balaban J connectivity index is 0.000000902. The number of fused-ring (bicyclic) bond motifs is 1. The van der Waals surface area contributed by atoms with E-state index in [0.29, 0.717) is 17.7 Å². The summed E-state index contributed by atoms with van der Waals surface area (Å²) in [5.41, 5.74) is 1.75. The van der Waals surface area contributed by atoms with E-state index >= 15 is 0 Å². The molecule has 0 amide bonds. The molecule has 0 bridgehead atoms. The SMILES string of the molecule is O=C1CC(c2ccccc2)Oc2ccccc21.[H-].[K+]. The van der Waals surface area contributed by atoms with E-state index in [0.717, 1.165) is 5.56 Å². The van der Waals surface area contributed by atoms with Crippen LogP contribution in [0.4, 0.5) is 0 Å². The van der Waals surface area contributed by atoms with Crippen molar-refractivity contribution in [2.45, 2.75) is 12.5 Å². The predicted molar refractivity (Wildman–Crippen MR) is 66.3 cm³/mol. The standard InChI is InChI=1S/C15H12O2.K.H/c16-13-10-15(11-6-2-1-3-7-11)17-14-9-5-4-8-12(13)14;;/h1-9,15H,10H2;;/q;+1;-1. The van der Waals surface area contributed by atoms with Crippen molar-refractivity contribution in [1.29, 1.82) is 0 Å². The van der Waals surface area contributed by atoms with Crippen molar-refractivity contribution in [1.82, 2.24) is 0 Å². The van der Waals surface area contributed by atoms with E-state index in [2.05, 4.69) is 0 Å². The Morgan fingerprint density at radius 1 is 1.00 bits per heavy atom. The van der Waals surface area contributed by atoms with Crippen LogP contribution in [0.3, 0.4) is 0 Å². The van der Waals surface area contributed by atoms with E-state index < -0.39 is 0 Å². The smallest absolute Gasteiger partial charge is 1.00 e. The first kappa shape index (κ1) is 14.0. The minimum Gasteiger partial charge on any atom is -1.00 e. The molecule has 0 aliphatic carbocycles. The van der Waals surface area contributed by atoms with Crippen LogP contribution in [0.5, 0.6) is 5.75 Å². The fourth-order valence-electron chi connectivity index (χ4n) is 2.13. The van der Waals surface area contributed by atoms with Crippen molar-refractivity contribution in [3.8, 4) is 5.75 Å². The van der Waals surface area contributed by atoms with E-state index in [1.165, 1.54) is 0 Å². The van der Waals surface area contributed by atoms with Gasteiger partial charge in [-0.25, -0.2) is 0 Å². The summed E-state index contributed by atoms with van der Waals surface area (Å²) in [5.74, 6) is 0.846. The third-order valence-corrected chi connectivity index (χ3v) is 3.00. The van der Waals surface area contributed by atoms with Gasteiger partial charge in [-0.1, -0.05) is 42.5 Å². The summed E-state index contributed by atoms with van der Waals surface area (Å²) < 4.78 is 5.87. The van der Waals surface area contributed by atoms with Crippen molar-refractivity contribution < 1.29 is 62.3 Å². The number of rotatable bonds is 1. The summed E-state index contributed by atoms with van der Waals surface area (Å²) in [6.07, 6.45) is 0.264. The Hall–Kier alpha value is -0.454. The molecular formula is C15H13KO2. The molecule has 0 aromatic heterocycles. The third kappa shape index (κ3) is 2.76. The molecule has 0 fully saturated rings. The zero-order valence-corrected chi connectivity index (χ0v) is 13.4. The molecule has 2 nitrogen and oxygen atoms in total. The molecule has 1 unspecified atom stereocenters. The van der Waals surface area contributed by atoms with Crippen LogP contribution in [0.1, 0.15) is 29.9 Å². The molecule has 1 aliphatic heterocycles. The first-order valence-electron chi connectivity index (χ1n) is 5.68. The van der Waals surface area contributed by atoms with Gasteiger partial charge in [0.25, 0.3) is 0 Å². The van der Waals surface area contributed by atoms with Crippen LogP contribution in [0.15, 0.2) is 54.6 Å². The van der Waals surface area contributed by atoms with Crippen LogP contribution < -0.4 is 56.1 Å². The van der Waals surface area contributed by atoms with Gasteiger partial charge < -0.3 is 6.16 Å². The minimum atomic E-state index is -0.154. The quantitative estimate of drug-likeness (QED) is 0.702. The van der Waals surface area contributed by atoms with E-state index in [9.17, 15) is 4.79 Å². The molecule has 0 saturated carbocycles. The van der Waals surface area contributed by atoms with Crippen LogP contribution in [-0.2, 0) is 0 Å². The molecule has 0 saturated heterocycles. The molecule has 2 aromatic carbocycles. The predicted octanol–water partition coefficient (Wildman–Crippen LogP) is 0.510. The van der Waals surface area contributed by atoms with Gasteiger partial charge in [-0.15, -0.1) is 0 Å². The molecule has 3 rings (SSSR count). The molecule has 1 atom stereocenters. The zero-order chi connectivity index (χ0) is 11.7. The molecule has 0 radical (unpaired) electrons. The average Bonchev–Trinajstić information content (AvgIpc) is 2.40. The maximum Gasteiger partial charge on any atom is 1.00 e. The van der Waals surface area contributed by atoms with Crippen LogP contribution in [-0.4, -0.2) is 5.78 Å². The second-order valence-electron chi connectivity index (χ2n) is 4.14. The van der Waals surface area contributed by atoms with Gasteiger partial charge in [-0.2, -0.15) is 0 Å². The molecule has 3 heteroatoms. The average molecular weight is 264 g/mol. The molecule has 86 valence electrons. The van der Waals surface area contributed by atoms with Crippen molar-refractivity contribution in [3.05, 3.63) is 65.7 Å². The fourth-order valence-corrected chi connectivity index (χ4v) is 2.13. The van der Waals surface area contributed by atoms with Crippen molar-refractivity contribution in [3.63, 3.8) is 0 Å². The first-order valence-corrected chi connectivity index (χ1v) is 5.68.